The van der Waals surface area contributed by atoms with E-state index in [0.717, 1.165) is 17.7 Å². The van der Waals surface area contributed by atoms with E-state index in [1.807, 2.05) is 44.2 Å². The van der Waals surface area contributed by atoms with E-state index in [4.69, 9.17) is 0 Å². The summed E-state index contributed by atoms with van der Waals surface area (Å²) in [5.41, 5.74) is 0.246. The van der Waals surface area contributed by atoms with Gasteiger partial charge in [-0.1, -0.05) is 30.3 Å². The summed E-state index contributed by atoms with van der Waals surface area (Å²) in [4.78, 5) is 14.8. The number of sulfonamides is 1. The van der Waals surface area contributed by atoms with E-state index in [-0.39, 0.29) is 23.9 Å². The van der Waals surface area contributed by atoms with Gasteiger partial charge in [0.05, 0.1) is 10.3 Å². The highest BCUT2D eigenvalue weighted by molar-refractivity contribution is 7.89. The van der Waals surface area contributed by atoms with Crippen molar-refractivity contribution in [1.82, 2.24) is 9.21 Å². The standard InChI is InChI=1S/C20H23FN2O3S/c1-20(2,16-6-4-3-5-7-16)19(24)22-12-14-23(15-13-22)27(25,26)18-10-8-17(21)9-11-18/h3-11H,12-15H2,1-2H3. The Balaban J connectivity index is 1.70. The van der Waals surface area contributed by atoms with E-state index in [1.54, 1.807) is 4.90 Å². The van der Waals surface area contributed by atoms with Crippen molar-refractivity contribution in [3.05, 3.63) is 66.0 Å². The van der Waals surface area contributed by atoms with Crippen molar-refractivity contribution >= 4 is 15.9 Å². The number of nitrogens with zero attached hydrogens (tertiary/aromatic N) is 2. The molecule has 1 heterocycles. The summed E-state index contributed by atoms with van der Waals surface area (Å²) in [6.45, 7) is 4.86. The molecule has 144 valence electrons. The van der Waals surface area contributed by atoms with Gasteiger partial charge in [-0.2, -0.15) is 4.31 Å². The number of rotatable bonds is 4. The summed E-state index contributed by atoms with van der Waals surface area (Å²) in [6, 6.07) is 14.4. The number of halogens is 1. The van der Waals surface area contributed by atoms with Gasteiger partial charge in [0.1, 0.15) is 5.82 Å². The summed E-state index contributed by atoms with van der Waals surface area (Å²) in [5.74, 6) is -0.500. The first-order valence-corrected chi connectivity index (χ1v) is 10.3. The maximum Gasteiger partial charge on any atom is 0.243 e. The summed E-state index contributed by atoms with van der Waals surface area (Å²) in [5, 5.41) is 0. The van der Waals surface area contributed by atoms with Crippen molar-refractivity contribution in [2.75, 3.05) is 26.2 Å². The molecule has 2 aromatic carbocycles. The number of amides is 1. The lowest BCUT2D eigenvalue weighted by Gasteiger charge is -2.38. The molecule has 1 aliphatic rings. The minimum atomic E-state index is -3.69. The average Bonchev–Trinajstić information content (AvgIpc) is 2.68. The Kier molecular flexibility index (Phi) is 5.35. The number of carbonyl (C=O) groups excluding carboxylic acids is 1. The molecule has 5 nitrogen and oxygen atoms in total. The number of carbonyl (C=O) groups is 1. The van der Waals surface area contributed by atoms with Gasteiger partial charge in [-0.3, -0.25) is 4.79 Å². The summed E-state index contributed by atoms with van der Waals surface area (Å²) < 4.78 is 39.8. The highest BCUT2D eigenvalue weighted by Crippen LogP contribution is 2.27. The molecule has 0 saturated carbocycles. The Morgan fingerprint density at radius 2 is 1.48 bits per heavy atom. The minimum absolute atomic E-state index is 0.0208. The van der Waals surface area contributed by atoms with Crippen LogP contribution < -0.4 is 0 Å². The van der Waals surface area contributed by atoms with Gasteiger partial charge in [-0.15, -0.1) is 0 Å². The van der Waals surface area contributed by atoms with Crippen molar-refractivity contribution in [2.24, 2.45) is 0 Å². The van der Waals surface area contributed by atoms with Gasteiger partial charge < -0.3 is 4.90 Å². The zero-order valence-electron chi connectivity index (χ0n) is 15.4. The van der Waals surface area contributed by atoms with Crippen LogP contribution in [0.4, 0.5) is 4.39 Å². The Morgan fingerprint density at radius 3 is 2.04 bits per heavy atom. The van der Waals surface area contributed by atoms with Gasteiger partial charge in [0.15, 0.2) is 0 Å². The van der Waals surface area contributed by atoms with Gasteiger partial charge in [-0.05, 0) is 43.7 Å². The maximum absolute atomic E-state index is 13.1. The molecule has 1 amide bonds. The van der Waals surface area contributed by atoms with Crippen LogP contribution in [0.25, 0.3) is 0 Å². The van der Waals surface area contributed by atoms with Crippen molar-refractivity contribution in [2.45, 2.75) is 24.2 Å². The van der Waals surface area contributed by atoms with Crippen LogP contribution in [0.2, 0.25) is 0 Å². The zero-order chi connectivity index (χ0) is 19.7. The molecule has 0 bridgehead atoms. The second kappa shape index (κ2) is 7.40. The third-order valence-corrected chi connectivity index (χ3v) is 6.92. The molecule has 27 heavy (non-hydrogen) atoms. The van der Waals surface area contributed by atoms with Crippen molar-refractivity contribution in [3.8, 4) is 0 Å². The van der Waals surface area contributed by atoms with Gasteiger partial charge in [0.2, 0.25) is 15.9 Å². The van der Waals surface area contributed by atoms with E-state index in [9.17, 15) is 17.6 Å². The first kappa shape index (κ1) is 19.5. The highest BCUT2D eigenvalue weighted by Gasteiger charge is 2.37. The largest absolute Gasteiger partial charge is 0.339 e. The van der Waals surface area contributed by atoms with Crippen LogP contribution in [0.3, 0.4) is 0 Å². The lowest BCUT2D eigenvalue weighted by molar-refractivity contribution is -0.137. The first-order valence-electron chi connectivity index (χ1n) is 8.83. The van der Waals surface area contributed by atoms with Crippen LogP contribution in [0.15, 0.2) is 59.5 Å². The molecule has 1 saturated heterocycles. The van der Waals surface area contributed by atoms with Crippen LogP contribution >= 0.6 is 0 Å². The van der Waals surface area contributed by atoms with E-state index in [0.29, 0.717) is 13.1 Å². The normalized spacial score (nSPS) is 16.3. The molecule has 0 spiro atoms. The zero-order valence-corrected chi connectivity index (χ0v) is 16.2. The minimum Gasteiger partial charge on any atom is -0.339 e. The number of hydrogen-bond donors (Lipinski definition) is 0. The van der Waals surface area contributed by atoms with Crippen molar-refractivity contribution in [3.63, 3.8) is 0 Å². The molecular formula is C20H23FN2O3S. The summed E-state index contributed by atoms with van der Waals surface area (Å²) in [6.07, 6.45) is 0. The molecular weight excluding hydrogens is 367 g/mol. The summed E-state index contributed by atoms with van der Waals surface area (Å²) >= 11 is 0. The molecule has 0 radical (unpaired) electrons. The number of hydrogen-bond acceptors (Lipinski definition) is 3. The molecule has 1 aliphatic heterocycles. The Bertz CT molecular complexity index is 904. The predicted octanol–water partition coefficient (Wildman–Crippen LogP) is 2.64. The number of piperazine rings is 1. The fraction of sp³-hybridized carbons (Fsp3) is 0.350. The molecule has 2 aromatic rings. The van der Waals surface area contributed by atoms with Crippen molar-refractivity contribution < 1.29 is 17.6 Å². The third-order valence-electron chi connectivity index (χ3n) is 5.01. The van der Waals surface area contributed by atoms with Gasteiger partial charge >= 0.3 is 0 Å². The lowest BCUT2D eigenvalue weighted by Crippen LogP contribution is -2.54. The molecule has 0 aromatic heterocycles. The topological polar surface area (TPSA) is 57.7 Å². The second-order valence-electron chi connectivity index (χ2n) is 7.14. The third kappa shape index (κ3) is 3.89. The Morgan fingerprint density at radius 1 is 0.926 bits per heavy atom. The fourth-order valence-electron chi connectivity index (χ4n) is 3.26. The van der Waals surface area contributed by atoms with Crippen LogP contribution in [-0.2, 0) is 20.2 Å². The average molecular weight is 390 g/mol. The van der Waals surface area contributed by atoms with Crippen LogP contribution in [0, 0.1) is 5.82 Å². The van der Waals surface area contributed by atoms with E-state index in [2.05, 4.69) is 0 Å². The first-order chi connectivity index (χ1) is 12.7. The lowest BCUT2D eigenvalue weighted by atomic mass is 9.83. The van der Waals surface area contributed by atoms with Crippen LogP contribution in [-0.4, -0.2) is 49.7 Å². The molecule has 7 heteroatoms. The molecule has 0 atom stereocenters. The monoisotopic (exact) mass is 390 g/mol. The summed E-state index contributed by atoms with van der Waals surface area (Å²) in [7, 11) is -3.69. The van der Waals surface area contributed by atoms with E-state index < -0.39 is 21.3 Å². The second-order valence-corrected chi connectivity index (χ2v) is 9.08. The van der Waals surface area contributed by atoms with Gasteiger partial charge in [0.25, 0.3) is 0 Å². The Labute approximate surface area is 159 Å². The van der Waals surface area contributed by atoms with Gasteiger partial charge in [0, 0.05) is 26.2 Å². The fourth-order valence-corrected chi connectivity index (χ4v) is 4.68. The molecule has 0 unspecified atom stereocenters. The van der Waals surface area contributed by atoms with E-state index in [1.165, 1.54) is 16.4 Å². The SMILES string of the molecule is CC(C)(C(=O)N1CCN(S(=O)(=O)c2ccc(F)cc2)CC1)c1ccccc1. The number of benzene rings is 2. The quantitative estimate of drug-likeness (QED) is 0.806. The van der Waals surface area contributed by atoms with E-state index >= 15 is 0 Å². The smallest absolute Gasteiger partial charge is 0.243 e. The maximum atomic E-state index is 13.1. The van der Waals surface area contributed by atoms with Crippen LogP contribution in [0.5, 0.6) is 0 Å². The molecule has 0 N–H and O–H groups in total. The molecule has 3 rings (SSSR count). The predicted molar refractivity (Wildman–Crippen MR) is 101 cm³/mol. The molecule has 1 fully saturated rings. The van der Waals surface area contributed by atoms with Crippen molar-refractivity contribution in [1.29, 1.82) is 0 Å². The highest BCUT2D eigenvalue weighted by atomic mass is 32.2. The van der Waals surface area contributed by atoms with Gasteiger partial charge in [-0.25, -0.2) is 12.8 Å². The molecule has 0 aliphatic carbocycles. The van der Waals surface area contributed by atoms with Crippen LogP contribution in [0.1, 0.15) is 19.4 Å². The Hall–Kier alpha value is -2.25.